The highest BCUT2D eigenvalue weighted by Crippen LogP contribution is 2.30. The van der Waals surface area contributed by atoms with E-state index in [0.29, 0.717) is 5.82 Å². The van der Waals surface area contributed by atoms with Crippen molar-refractivity contribution in [3.63, 3.8) is 0 Å². The van der Waals surface area contributed by atoms with Crippen molar-refractivity contribution in [3.8, 4) is 17.1 Å². The number of ether oxygens (including phenoxy) is 1. The number of rotatable bonds is 5. The van der Waals surface area contributed by atoms with Crippen molar-refractivity contribution in [2.24, 2.45) is 7.05 Å². The smallest absolute Gasteiger partial charge is 0.165 e. The van der Waals surface area contributed by atoms with Gasteiger partial charge in [0.25, 0.3) is 0 Å². The first-order valence-electron chi connectivity index (χ1n) is 9.09. The lowest BCUT2D eigenvalue weighted by molar-refractivity contribution is 0.414. The number of hydrogen-bond acceptors (Lipinski definition) is 6. The van der Waals surface area contributed by atoms with Gasteiger partial charge < -0.3 is 10.1 Å². The van der Waals surface area contributed by atoms with Crippen LogP contribution in [0.2, 0.25) is 0 Å². The maximum atomic E-state index is 5.25. The van der Waals surface area contributed by atoms with Crippen LogP contribution in [0.4, 0.5) is 5.82 Å². The van der Waals surface area contributed by atoms with Crippen LogP contribution in [0.25, 0.3) is 22.4 Å². The molecule has 0 amide bonds. The summed E-state index contributed by atoms with van der Waals surface area (Å²) in [6.45, 7) is 4.07. The molecule has 0 aliphatic heterocycles. The van der Waals surface area contributed by atoms with Crippen molar-refractivity contribution < 1.29 is 4.74 Å². The molecule has 0 bridgehead atoms. The minimum absolute atomic E-state index is 0.0466. The van der Waals surface area contributed by atoms with E-state index < -0.39 is 0 Å². The molecule has 4 rings (SSSR count). The number of methoxy groups -OCH3 is 1. The lowest BCUT2D eigenvalue weighted by Gasteiger charge is -2.17. The van der Waals surface area contributed by atoms with E-state index in [1.807, 2.05) is 50.4 Å². The molecule has 0 aliphatic rings. The second-order valence-electron chi connectivity index (χ2n) is 6.68. The Morgan fingerprint density at radius 1 is 1.11 bits per heavy atom. The number of pyridine rings is 1. The van der Waals surface area contributed by atoms with Gasteiger partial charge in [0.15, 0.2) is 11.5 Å². The third-order valence-corrected chi connectivity index (χ3v) is 4.75. The Bertz CT molecular complexity index is 1110. The molecule has 1 N–H and O–H groups in total. The summed E-state index contributed by atoms with van der Waals surface area (Å²) in [4.78, 5) is 13.7. The van der Waals surface area contributed by atoms with Gasteiger partial charge in [-0.3, -0.25) is 9.67 Å². The van der Waals surface area contributed by atoms with Gasteiger partial charge in [0, 0.05) is 31.0 Å². The van der Waals surface area contributed by atoms with E-state index in [1.54, 1.807) is 24.2 Å². The third-order valence-electron chi connectivity index (χ3n) is 4.75. The molecule has 0 saturated heterocycles. The van der Waals surface area contributed by atoms with Crippen molar-refractivity contribution in [1.82, 2.24) is 24.7 Å². The van der Waals surface area contributed by atoms with Crippen LogP contribution in [0.3, 0.4) is 0 Å². The number of benzene rings is 1. The Balaban J connectivity index is 1.78. The van der Waals surface area contributed by atoms with Gasteiger partial charge in [-0.15, -0.1) is 0 Å². The normalized spacial score (nSPS) is 12.1. The van der Waals surface area contributed by atoms with Crippen LogP contribution >= 0.6 is 0 Å². The summed E-state index contributed by atoms with van der Waals surface area (Å²) in [5.41, 5.74) is 3.68. The summed E-state index contributed by atoms with van der Waals surface area (Å²) < 4.78 is 7.04. The molecule has 7 nitrogen and oxygen atoms in total. The molecule has 4 aromatic rings. The van der Waals surface area contributed by atoms with E-state index in [1.165, 1.54) is 0 Å². The Labute approximate surface area is 163 Å². The minimum atomic E-state index is 0.0466. The van der Waals surface area contributed by atoms with Crippen LogP contribution in [0.1, 0.15) is 24.2 Å². The molecule has 0 unspecified atom stereocenters. The summed E-state index contributed by atoms with van der Waals surface area (Å²) in [6, 6.07) is 11.9. The molecule has 0 aliphatic carbocycles. The molecule has 7 heteroatoms. The number of aryl methyl sites for hydroxylation is 2. The van der Waals surface area contributed by atoms with Crippen LogP contribution in [0.15, 0.2) is 48.8 Å². The number of aromatic nitrogens is 5. The summed E-state index contributed by atoms with van der Waals surface area (Å²) >= 11 is 0. The van der Waals surface area contributed by atoms with Gasteiger partial charge in [0.05, 0.1) is 18.2 Å². The van der Waals surface area contributed by atoms with E-state index in [9.17, 15) is 0 Å². The Morgan fingerprint density at radius 3 is 2.57 bits per heavy atom. The first-order chi connectivity index (χ1) is 13.6. The van der Waals surface area contributed by atoms with Gasteiger partial charge in [-0.05, 0) is 43.7 Å². The number of nitrogens with one attached hydrogen (secondary N) is 1. The summed E-state index contributed by atoms with van der Waals surface area (Å²) in [5.74, 6) is 2.22. The highest BCUT2D eigenvalue weighted by molar-refractivity contribution is 5.91. The number of hydrogen-bond donors (Lipinski definition) is 1. The fourth-order valence-electron chi connectivity index (χ4n) is 3.25. The molecular weight excluding hydrogens is 352 g/mol. The number of fused-ring (bicyclic) bond motifs is 1. The molecule has 142 valence electrons. The zero-order valence-electron chi connectivity index (χ0n) is 16.3. The van der Waals surface area contributed by atoms with Crippen molar-refractivity contribution >= 4 is 16.9 Å². The molecule has 28 heavy (non-hydrogen) atoms. The Kier molecular flexibility index (Phi) is 4.65. The molecule has 0 fully saturated rings. The van der Waals surface area contributed by atoms with Gasteiger partial charge in [-0.2, -0.15) is 5.10 Å². The van der Waals surface area contributed by atoms with Crippen LogP contribution < -0.4 is 10.1 Å². The van der Waals surface area contributed by atoms with Crippen molar-refractivity contribution in [3.05, 3.63) is 60.0 Å². The van der Waals surface area contributed by atoms with E-state index in [2.05, 4.69) is 22.3 Å². The monoisotopic (exact) mass is 374 g/mol. The summed E-state index contributed by atoms with van der Waals surface area (Å²) in [5, 5.41) is 8.99. The molecule has 0 saturated carbocycles. The van der Waals surface area contributed by atoms with E-state index in [0.717, 1.165) is 39.4 Å². The quantitative estimate of drug-likeness (QED) is 0.571. The van der Waals surface area contributed by atoms with Gasteiger partial charge in [0.2, 0.25) is 0 Å². The zero-order valence-corrected chi connectivity index (χ0v) is 16.3. The van der Waals surface area contributed by atoms with Gasteiger partial charge >= 0.3 is 0 Å². The lowest BCUT2D eigenvalue weighted by Crippen LogP contribution is -2.10. The zero-order chi connectivity index (χ0) is 19.7. The van der Waals surface area contributed by atoms with Gasteiger partial charge in [-0.25, -0.2) is 9.97 Å². The van der Waals surface area contributed by atoms with Crippen molar-refractivity contribution in [2.45, 2.75) is 19.9 Å². The highest BCUT2D eigenvalue weighted by Gasteiger charge is 2.18. The molecule has 1 atom stereocenters. The van der Waals surface area contributed by atoms with Crippen LogP contribution in [-0.4, -0.2) is 31.8 Å². The first-order valence-corrected chi connectivity index (χ1v) is 9.09. The van der Waals surface area contributed by atoms with Crippen LogP contribution in [0.5, 0.6) is 5.75 Å². The SMILES string of the molecule is COc1ccc([C@@H](C)Nc2nc(-c3cccnc3)nc3c2c(C)nn3C)cc1. The molecule has 3 heterocycles. The average Bonchev–Trinajstić information content (AvgIpc) is 3.02. The molecule has 0 spiro atoms. The summed E-state index contributed by atoms with van der Waals surface area (Å²) in [6.07, 6.45) is 3.50. The fraction of sp³-hybridized carbons (Fsp3) is 0.238. The molecule has 3 aromatic heterocycles. The fourth-order valence-corrected chi connectivity index (χ4v) is 3.25. The second kappa shape index (κ2) is 7.26. The van der Waals surface area contributed by atoms with E-state index >= 15 is 0 Å². The summed E-state index contributed by atoms with van der Waals surface area (Å²) in [7, 11) is 3.56. The van der Waals surface area contributed by atoms with E-state index in [4.69, 9.17) is 14.7 Å². The Morgan fingerprint density at radius 2 is 1.89 bits per heavy atom. The van der Waals surface area contributed by atoms with Crippen LogP contribution in [0, 0.1) is 6.92 Å². The third kappa shape index (κ3) is 3.26. The van der Waals surface area contributed by atoms with Crippen LogP contribution in [-0.2, 0) is 7.05 Å². The highest BCUT2D eigenvalue weighted by atomic mass is 16.5. The van der Waals surface area contributed by atoms with Crippen molar-refractivity contribution in [1.29, 1.82) is 0 Å². The van der Waals surface area contributed by atoms with Crippen molar-refractivity contribution in [2.75, 3.05) is 12.4 Å². The number of nitrogens with zero attached hydrogens (tertiary/aromatic N) is 5. The maximum absolute atomic E-state index is 5.25. The predicted octanol–water partition coefficient (Wildman–Crippen LogP) is 3.92. The molecule has 1 aromatic carbocycles. The number of anilines is 1. The second-order valence-corrected chi connectivity index (χ2v) is 6.68. The predicted molar refractivity (Wildman–Crippen MR) is 109 cm³/mol. The lowest BCUT2D eigenvalue weighted by atomic mass is 10.1. The maximum Gasteiger partial charge on any atom is 0.165 e. The standard InChI is InChI=1S/C21H22N6O/c1-13(15-7-9-17(28-4)10-8-15)23-20-18-14(2)26-27(3)21(18)25-19(24-20)16-6-5-11-22-12-16/h5-13H,1-4H3,(H,23,24,25)/t13-/m1/s1. The average molecular weight is 374 g/mol. The minimum Gasteiger partial charge on any atom is -0.497 e. The molecule has 0 radical (unpaired) electrons. The largest absolute Gasteiger partial charge is 0.497 e. The van der Waals surface area contributed by atoms with Gasteiger partial charge in [0.1, 0.15) is 11.6 Å². The first kappa shape index (κ1) is 17.9. The van der Waals surface area contributed by atoms with E-state index in [-0.39, 0.29) is 6.04 Å². The molecular formula is C21H22N6O. The Hall–Kier alpha value is -3.48. The van der Waals surface area contributed by atoms with Gasteiger partial charge in [-0.1, -0.05) is 12.1 Å². The topological polar surface area (TPSA) is 77.8 Å².